The average Bonchev–Trinajstić information content (AvgIpc) is 2.98. The van der Waals surface area contributed by atoms with Crippen LogP contribution in [-0.4, -0.2) is 18.0 Å². The van der Waals surface area contributed by atoms with Gasteiger partial charge in [0.05, 0.1) is 0 Å². The lowest BCUT2D eigenvalue weighted by Gasteiger charge is -2.61. The Bertz CT molecular complexity index is 585. The van der Waals surface area contributed by atoms with Gasteiger partial charge < -0.3 is 4.74 Å². The summed E-state index contributed by atoms with van der Waals surface area (Å²) in [5.41, 5.74) is 0.136. The zero-order chi connectivity index (χ0) is 20.0. The molecule has 0 aliphatic heterocycles. The molecule has 4 fully saturated rings. The third-order valence-electron chi connectivity index (χ3n) is 10.4. The molecule has 0 aromatic heterocycles. The van der Waals surface area contributed by atoms with E-state index in [4.69, 9.17) is 4.74 Å². The second-order valence-electron chi connectivity index (χ2n) is 11.3. The highest BCUT2D eigenvalue weighted by molar-refractivity contribution is 5.86. The van der Waals surface area contributed by atoms with Gasteiger partial charge >= 0.3 is 0 Å². The van der Waals surface area contributed by atoms with Crippen molar-refractivity contribution in [1.82, 2.24) is 0 Å². The van der Waals surface area contributed by atoms with E-state index in [0.717, 1.165) is 37.2 Å². The molecule has 0 saturated heterocycles. The van der Waals surface area contributed by atoms with Crippen LogP contribution in [0.1, 0.15) is 111 Å². The molecule has 2 nitrogen and oxygen atoms in total. The SMILES string of the molecule is CCCCCO[C@]1(C(C)=O)CC[C@H]2[C@@H]3CCC4CCCC[C@]4(C)[C@H]3CC[C@@]21C. The quantitative estimate of drug-likeness (QED) is 0.460. The van der Waals surface area contributed by atoms with Crippen molar-refractivity contribution in [3.8, 4) is 0 Å². The van der Waals surface area contributed by atoms with Crippen LogP contribution in [0.2, 0.25) is 0 Å². The molecule has 0 aromatic carbocycles. The van der Waals surface area contributed by atoms with Gasteiger partial charge in [0.2, 0.25) is 0 Å². The molecule has 0 heterocycles. The summed E-state index contributed by atoms with van der Waals surface area (Å²) < 4.78 is 6.59. The van der Waals surface area contributed by atoms with E-state index in [2.05, 4.69) is 20.8 Å². The molecular formula is C26H44O2. The summed E-state index contributed by atoms with van der Waals surface area (Å²) in [6.45, 7) is 9.90. The van der Waals surface area contributed by atoms with Gasteiger partial charge in [-0.25, -0.2) is 0 Å². The minimum absolute atomic E-state index is 0.0596. The van der Waals surface area contributed by atoms with Crippen molar-refractivity contribution in [2.24, 2.45) is 34.5 Å². The van der Waals surface area contributed by atoms with Gasteiger partial charge in [-0.05, 0) is 93.8 Å². The number of carbonyl (C=O) groups excluding carboxylic acids is 1. The maximum absolute atomic E-state index is 13.0. The summed E-state index contributed by atoms with van der Waals surface area (Å²) in [7, 11) is 0. The van der Waals surface area contributed by atoms with Gasteiger partial charge in [-0.15, -0.1) is 0 Å². The zero-order valence-corrected chi connectivity index (χ0v) is 19.0. The summed E-state index contributed by atoms with van der Waals surface area (Å²) in [5, 5.41) is 0. The molecule has 1 unspecified atom stereocenters. The monoisotopic (exact) mass is 388 g/mol. The number of fused-ring (bicyclic) bond motifs is 5. The Labute approximate surface area is 173 Å². The van der Waals surface area contributed by atoms with Gasteiger partial charge in [0.1, 0.15) is 5.60 Å². The van der Waals surface area contributed by atoms with Crippen molar-refractivity contribution in [3.05, 3.63) is 0 Å². The van der Waals surface area contributed by atoms with Crippen LogP contribution in [-0.2, 0) is 9.53 Å². The molecule has 4 aliphatic rings. The molecule has 7 atom stereocenters. The van der Waals surface area contributed by atoms with E-state index in [1.165, 1.54) is 70.6 Å². The molecule has 28 heavy (non-hydrogen) atoms. The molecular weight excluding hydrogens is 344 g/mol. The van der Waals surface area contributed by atoms with Crippen LogP contribution in [0, 0.1) is 34.5 Å². The second kappa shape index (κ2) is 7.71. The van der Waals surface area contributed by atoms with Gasteiger partial charge in [0, 0.05) is 12.0 Å². The van der Waals surface area contributed by atoms with E-state index in [1.54, 1.807) is 0 Å². The van der Waals surface area contributed by atoms with Crippen molar-refractivity contribution >= 4 is 5.78 Å². The average molecular weight is 389 g/mol. The van der Waals surface area contributed by atoms with Crippen LogP contribution in [0.25, 0.3) is 0 Å². The van der Waals surface area contributed by atoms with Crippen molar-refractivity contribution in [2.45, 2.75) is 117 Å². The number of ether oxygens (including phenoxy) is 1. The molecule has 2 heteroatoms. The first-order valence-corrected chi connectivity index (χ1v) is 12.5. The van der Waals surface area contributed by atoms with Crippen LogP contribution in [0.15, 0.2) is 0 Å². The fourth-order valence-corrected chi connectivity index (χ4v) is 8.81. The minimum atomic E-state index is -0.499. The Hall–Kier alpha value is -0.370. The Morgan fingerprint density at radius 1 is 0.929 bits per heavy atom. The molecule has 0 amide bonds. The maximum atomic E-state index is 13.0. The molecule has 4 aliphatic carbocycles. The first kappa shape index (κ1) is 20.9. The smallest absolute Gasteiger partial charge is 0.162 e. The van der Waals surface area contributed by atoms with E-state index in [-0.39, 0.29) is 5.41 Å². The summed E-state index contributed by atoms with van der Waals surface area (Å²) in [6, 6.07) is 0. The third kappa shape index (κ3) is 2.95. The second-order valence-corrected chi connectivity index (χ2v) is 11.3. The Morgan fingerprint density at radius 3 is 2.46 bits per heavy atom. The molecule has 4 saturated carbocycles. The normalized spacial score (nSPS) is 47.9. The lowest BCUT2D eigenvalue weighted by Crippen LogP contribution is -2.59. The Morgan fingerprint density at radius 2 is 1.71 bits per heavy atom. The van der Waals surface area contributed by atoms with Gasteiger partial charge in [0.25, 0.3) is 0 Å². The first-order chi connectivity index (χ1) is 13.4. The van der Waals surface area contributed by atoms with Gasteiger partial charge in [-0.2, -0.15) is 0 Å². The third-order valence-corrected chi connectivity index (χ3v) is 10.4. The molecule has 4 rings (SSSR count). The number of hydrogen-bond acceptors (Lipinski definition) is 2. The van der Waals surface area contributed by atoms with Crippen LogP contribution < -0.4 is 0 Å². The summed E-state index contributed by atoms with van der Waals surface area (Å²) in [5.74, 6) is 3.70. The van der Waals surface area contributed by atoms with Gasteiger partial charge in [0.15, 0.2) is 5.78 Å². The fourth-order valence-electron chi connectivity index (χ4n) is 8.81. The van der Waals surface area contributed by atoms with Crippen molar-refractivity contribution in [3.63, 3.8) is 0 Å². The van der Waals surface area contributed by atoms with Gasteiger partial charge in [-0.3, -0.25) is 4.79 Å². The first-order valence-electron chi connectivity index (χ1n) is 12.5. The number of rotatable bonds is 6. The highest BCUT2D eigenvalue weighted by Crippen LogP contribution is 2.69. The largest absolute Gasteiger partial charge is 0.367 e. The van der Waals surface area contributed by atoms with Crippen molar-refractivity contribution < 1.29 is 9.53 Å². The molecule has 0 radical (unpaired) electrons. The van der Waals surface area contributed by atoms with E-state index in [1.807, 2.05) is 6.92 Å². The summed E-state index contributed by atoms with van der Waals surface area (Å²) in [4.78, 5) is 13.0. The van der Waals surface area contributed by atoms with Crippen molar-refractivity contribution in [1.29, 1.82) is 0 Å². The summed E-state index contributed by atoms with van der Waals surface area (Å²) >= 11 is 0. The fraction of sp³-hybridized carbons (Fsp3) is 0.962. The van der Waals surface area contributed by atoms with Crippen LogP contribution in [0.4, 0.5) is 0 Å². The molecule has 0 bridgehead atoms. The lowest BCUT2D eigenvalue weighted by molar-refractivity contribution is -0.182. The van der Waals surface area contributed by atoms with Crippen LogP contribution in [0.5, 0.6) is 0 Å². The Balaban J connectivity index is 1.58. The number of ketones is 1. The predicted octanol–water partition coefficient (Wildman–Crippen LogP) is 6.95. The van der Waals surface area contributed by atoms with Crippen molar-refractivity contribution in [2.75, 3.05) is 6.61 Å². The van der Waals surface area contributed by atoms with Gasteiger partial charge in [-0.1, -0.05) is 46.5 Å². The van der Waals surface area contributed by atoms with Crippen LogP contribution >= 0.6 is 0 Å². The standard InChI is InChI=1S/C26H44O2/c1-5-6-9-18-28-26(19(2)27)17-14-23-21-12-11-20-10-7-8-15-24(20,3)22(21)13-16-25(23,26)4/h20-23H,5-18H2,1-4H3/t20?,21-,22+,23+,24+,25+,26+/m1/s1. The number of carbonyl (C=O) groups is 1. The zero-order valence-electron chi connectivity index (χ0n) is 19.0. The number of hydrogen-bond donors (Lipinski definition) is 0. The van der Waals surface area contributed by atoms with E-state index in [0.29, 0.717) is 17.1 Å². The van der Waals surface area contributed by atoms with Crippen LogP contribution in [0.3, 0.4) is 0 Å². The molecule has 0 N–H and O–H groups in total. The Kier molecular flexibility index (Phi) is 5.75. The number of Topliss-reactive ketones (excluding diaryl/α,β-unsaturated/α-hetero) is 1. The molecule has 0 spiro atoms. The lowest BCUT2D eigenvalue weighted by atomic mass is 9.44. The van der Waals surface area contributed by atoms with E-state index < -0.39 is 5.60 Å². The maximum Gasteiger partial charge on any atom is 0.162 e. The molecule has 0 aromatic rings. The highest BCUT2D eigenvalue weighted by atomic mass is 16.5. The summed E-state index contributed by atoms with van der Waals surface area (Å²) in [6.07, 6.45) is 16.9. The van der Waals surface area contributed by atoms with E-state index >= 15 is 0 Å². The number of unbranched alkanes of at least 4 members (excludes halogenated alkanes) is 2. The van der Waals surface area contributed by atoms with E-state index in [9.17, 15) is 4.79 Å². The topological polar surface area (TPSA) is 26.3 Å². The highest BCUT2D eigenvalue weighted by Gasteiger charge is 2.66. The molecule has 160 valence electrons. The predicted molar refractivity (Wildman–Crippen MR) is 115 cm³/mol. The minimum Gasteiger partial charge on any atom is -0.367 e.